The third-order valence-electron chi connectivity index (χ3n) is 1.15. The Morgan fingerprint density at radius 2 is 1.76 bits per heavy atom. The van der Waals surface area contributed by atoms with Crippen molar-refractivity contribution in [3.63, 3.8) is 0 Å². The summed E-state index contributed by atoms with van der Waals surface area (Å²) in [7, 11) is 0. The molecule has 1 rings (SSSR count). The van der Waals surface area contributed by atoms with Crippen molar-refractivity contribution in [3.8, 4) is 0 Å². The Balaban J connectivity index is 0. The Hall–Kier alpha value is -1.45. The maximum Gasteiger partial charge on any atom is 0.414 e. The van der Waals surface area contributed by atoms with E-state index in [1.54, 1.807) is 32.9 Å². The fourth-order valence-corrected chi connectivity index (χ4v) is 0.754. The summed E-state index contributed by atoms with van der Waals surface area (Å²) in [6, 6.07) is 3.33. The lowest BCUT2D eigenvalue weighted by Crippen LogP contribution is -2.27. The zero-order valence-electron chi connectivity index (χ0n) is 12.0. The standard InChI is InChI=1S/C9H13NO3.2C2H6/c1-9(2,3)13-8(11)10-7-5-4-6-12-7;2*1-2/h4-6H,1-3H3,(H,10,11);2*1-2H3. The van der Waals surface area contributed by atoms with Gasteiger partial charge in [-0.3, -0.25) is 5.32 Å². The van der Waals surface area contributed by atoms with Crippen molar-refractivity contribution in [2.75, 3.05) is 5.32 Å². The SMILES string of the molecule is CC.CC.CC(C)(C)OC(=O)Nc1ccco1. The average molecular weight is 243 g/mol. The van der Waals surface area contributed by atoms with E-state index in [9.17, 15) is 4.79 Å². The van der Waals surface area contributed by atoms with Crippen LogP contribution < -0.4 is 5.32 Å². The molecule has 0 fully saturated rings. The summed E-state index contributed by atoms with van der Waals surface area (Å²) >= 11 is 0. The van der Waals surface area contributed by atoms with E-state index in [1.165, 1.54) is 6.26 Å². The van der Waals surface area contributed by atoms with Gasteiger partial charge in [0.05, 0.1) is 6.26 Å². The van der Waals surface area contributed by atoms with Crippen LogP contribution in [0.15, 0.2) is 22.8 Å². The number of nitrogens with one attached hydrogen (secondary N) is 1. The number of rotatable bonds is 1. The molecule has 0 spiro atoms. The molecule has 0 atom stereocenters. The number of furan rings is 1. The van der Waals surface area contributed by atoms with Crippen LogP contribution in [0.2, 0.25) is 0 Å². The summed E-state index contributed by atoms with van der Waals surface area (Å²) in [6.45, 7) is 13.4. The molecule has 0 aromatic carbocycles. The van der Waals surface area contributed by atoms with E-state index < -0.39 is 11.7 Å². The maximum absolute atomic E-state index is 11.1. The van der Waals surface area contributed by atoms with Crippen LogP contribution >= 0.6 is 0 Å². The van der Waals surface area contributed by atoms with Crippen LogP contribution in [0.25, 0.3) is 0 Å². The van der Waals surface area contributed by atoms with Crippen molar-refractivity contribution >= 4 is 12.0 Å². The molecule has 1 aromatic rings. The van der Waals surface area contributed by atoms with Gasteiger partial charge in [0, 0.05) is 6.07 Å². The largest absolute Gasteiger partial charge is 0.448 e. The number of amides is 1. The van der Waals surface area contributed by atoms with Crippen molar-refractivity contribution in [1.82, 2.24) is 0 Å². The zero-order valence-corrected chi connectivity index (χ0v) is 12.0. The van der Waals surface area contributed by atoms with Gasteiger partial charge in [-0.1, -0.05) is 27.7 Å². The van der Waals surface area contributed by atoms with Gasteiger partial charge >= 0.3 is 6.09 Å². The molecule has 0 bridgehead atoms. The first-order chi connectivity index (χ1) is 7.97. The normalized spacial score (nSPS) is 9.12. The van der Waals surface area contributed by atoms with E-state index in [1.807, 2.05) is 27.7 Å². The van der Waals surface area contributed by atoms with Gasteiger partial charge in [0.25, 0.3) is 0 Å². The minimum absolute atomic E-state index is 0.384. The highest BCUT2D eigenvalue weighted by Gasteiger charge is 2.16. The van der Waals surface area contributed by atoms with Crippen LogP contribution in [-0.4, -0.2) is 11.7 Å². The lowest BCUT2D eigenvalue weighted by atomic mass is 10.2. The topological polar surface area (TPSA) is 51.5 Å². The second kappa shape index (κ2) is 9.75. The van der Waals surface area contributed by atoms with Gasteiger partial charge in [-0.05, 0) is 26.8 Å². The van der Waals surface area contributed by atoms with E-state index in [0.29, 0.717) is 5.88 Å². The van der Waals surface area contributed by atoms with E-state index in [4.69, 9.17) is 9.15 Å². The smallest absolute Gasteiger partial charge is 0.414 e. The Bertz CT molecular complexity index is 273. The minimum atomic E-state index is -0.512. The minimum Gasteiger partial charge on any atom is -0.448 e. The van der Waals surface area contributed by atoms with Crippen LogP contribution in [0.5, 0.6) is 0 Å². The third-order valence-corrected chi connectivity index (χ3v) is 1.15. The molecule has 0 saturated heterocycles. The van der Waals surface area contributed by atoms with Gasteiger partial charge in [0.1, 0.15) is 5.60 Å². The van der Waals surface area contributed by atoms with Crippen molar-refractivity contribution in [2.45, 2.75) is 54.1 Å². The van der Waals surface area contributed by atoms with Crippen molar-refractivity contribution < 1.29 is 13.9 Å². The number of carbonyl (C=O) groups is 1. The molecule has 0 aliphatic carbocycles. The number of anilines is 1. The summed E-state index contributed by atoms with van der Waals surface area (Å²) in [6.07, 6.45) is 0.967. The lowest BCUT2D eigenvalue weighted by Gasteiger charge is -2.18. The summed E-state index contributed by atoms with van der Waals surface area (Å²) < 4.78 is 9.91. The van der Waals surface area contributed by atoms with Gasteiger partial charge in [-0.15, -0.1) is 0 Å². The molecule has 0 radical (unpaired) electrons. The first-order valence-corrected chi connectivity index (χ1v) is 6.01. The number of carbonyl (C=O) groups excluding carboxylic acids is 1. The third kappa shape index (κ3) is 10.8. The molecule has 100 valence electrons. The molecular formula is C13H25NO3. The highest BCUT2D eigenvalue weighted by Crippen LogP contribution is 2.11. The molecule has 4 heteroatoms. The average Bonchev–Trinajstić information content (AvgIpc) is 2.73. The maximum atomic E-state index is 11.1. The Labute approximate surface area is 104 Å². The monoisotopic (exact) mass is 243 g/mol. The Kier molecular flexibility index (Phi) is 10.3. The van der Waals surface area contributed by atoms with Crippen LogP contribution in [0.3, 0.4) is 0 Å². The molecule has 1 aromatic heterocycles. The molecular weight excluding hydrogens is 218 g/mol. The number of ether oxygens (including phenoxy) is 1. The predicted octanol–water partition coefficient (Wildman–Crippen LogP) is 4.68. The van der Waals surface area contributed by atoms with Crippen LogP contribution in [0.1, 0.15) is 48.5 Å². The Morgan fingerprint density at radius 3 is 2.12 bits per heavy atom. The summed E-state index contributed by atoms with van der Waals surface area (Å²) in [4.78, 5) is 11.1. The van der Waals surface area contributed by atoms with E-state index in [0.717, 1.165) is 0 Å². The van der Waals surface area contributed by atoms with Gasteiger partial charge in [0.2, 0.25) is 5.88 Å². The molecule has 17 heavy (non-hydrogen) atoms. The molecule has 0 unspecified atom stereocenters. The molecule has 0 saturated carbocycles. The van der Waals surface area contributed by atoms with Crippen molar-refractivity contribution in [1.29, 1.82) is 0 Å². The molecule has 0 aliphatic rings. The summed E-state index contributed by atoms with van der Waals surface area (Å²) in [5.41, 5.74) is -0.489. The van der Waals surface area contributed by atoms with E-state index in [-0.39, 0.29) is 0 Å². The fraction of sp³-hybridized carbons (Fsp3) is 0.615. The summed E-state index contributed by atoms with van der Waals surface area (Å²) in [5, 5.41) is 2.45. The first kappa shape index (κ1) is 17.9. The second-order valence-electron chi connectivity index (χ2n) is 3.60. The molecule has 1 amide bonds. The quantitative estimate of drug-likeness (QED) is 0.779. The highest BCUT2D eigenvalue weighted by molar-refractivity contribution is 5.82. The first-order valence-electron chi connectivity index (χ1n) is 6.01. The molecule has 1 N–H and O–H groups in total. The van der Waals surface area contributed by atoms with E-state index in [2.05, 4.69) is 5.32 Å². The highest BCUT2D eigenvalue weighted by atomic mass is 16.6. The lowest BCUT2D eigenvalue weighted by molar-refractivity contribution is 0.0632. The molecule has 4 nitrogen and oxygen atoms in total. The van der Waals surface area contributed by atoms with Gasteiger partial charge in [-0.2, -0.15) is 0 Å². The zero-order chi connectivity index (χ0) is 13.9. The summed E-state index contributed by atoms with van der Waals surface area (Å²) in [5.74, 6) is 0.384. The van der Waals surface area contributed by atoms with Crippen LogP contribution in [-0.2, 0) is 4.74 Å². The number of hydrogen-bond acceptors (Lipinski definition) is 3. The van der Waals surface area contributed by atoms with Gasteiger partial charge in [-0.25, -0.2) is 4.79 Å². The fourth-order valence-electron chi connectivity index (χ4n) is 0.754. The predicted molar refractivity (Wildman–Crippen MR) is 71.3 cm³/mol. The van der Waals surface area contributed by atoms with Crippen molar-refractivity contribution in [3.05, 3.63) is 18.4 Å². The van der Waals surface area contributed by atoms with Crippen LogP contribution in [0, 0.1) is 0 Å². The molecule has 1 heterocycles. The second-order valence-corrected chi connectivity index (χ2v) is 3.60. The van der Waals surface area contributed by atoms with Crippen LogP contribution in [0.4, 0.5) is 10.7 Å². The van der Waals surface area contributed by atoms with Gasteiger partial charge in [0.15, 0.2) is 0 Å². The van der Waals surface area contributed by atoms with Gasteiger partial charge < -0.3 is 9.15 Å². The molecule has 0 aliphatic heterocycles. The van der Waals surface area contributed by atoms with E-state index >= 15 is 0 Å². The number of hydrogen-bond donors (Lipinski definition) is 1. The Morgan fingerprint density at radius 1 is 1.24 bits per heavy atom. The van der Waals surface area contributed by atoms with Crippen molar-refractivity contribution in [2.24, 2.45) is 0 Å².